The average Bonchev–Trinajstić information content (AvgIpc) is 2.77. The zero-order valence-electron chi connectivity index (χ0n) is 9.38. The highest BCUT2D eigenvalue weighted by molar-refractivity contribution is 9.10. The minimum absolute atomic E-state index is 0.463. The second kappa shape index (κ2) is 4.38. The number of rotatable bonds is 2. The summed E-state index contributed by atoms with van der Waals surface area (Å²) in [5.74, 6) is 0.772. The third-order valence-corrected chi connectivity index (χ3v) is 3.26. The standard InChI is InChI=1S/C14H9BrN2O/c15-11-5-3-4-10(8-11)14-16-12(9-18)13-6-1-2-7-17(13)14/h1-9H. The number of halogens is 1. The number of aldehydes is 1. The van der Waals surface area contributed by atoms with Gasteiger partial charge in [0.1, 0.15) is 11.5 Å². The van der Waals surface area contributed by atoms with E-state index in [1.807, 2.05) is 53.1 Å². The molecule has 0 spiro atoms. The van der Waals surface area contributed by atoms with Crippen molar-refractivity contribution in [1.29, 1.82) is 0 Å². The van der Waals surface area contributed by atoms with Crippen LogP contribution in [0.5, 0.6) is 0 Å². The number of benzene rings is 1. The Hall–Kier alpha value is -1.94. The van der Waals surface area contributed by atoms with E-state index in [4.69, 9.17) is 0 Å². The lowest BCUT2D eigenvalue weighted by Crippen LogP contribution is -1.88. The normalized spacial score (nSPS) is 10.7. The molecule has 0 saturated carbocycles. The number of carbonyl (C=O) groups is 1. The van der Waals surface area contributed by atoms with Crippen molar-refractivity contribution in [2.24, 2.45) is 0 Å². The number of pyridine rings is 1. The predicted molar refractivity (Wildman–Crippen MR) is 73.7 cm³/mol. The Morgan fingerprint density at radius 1 is 1.17 bits per heavy atom. The van der Waals surface area contributed by atoms with Gasteiger partial charge in [-0.2, -0.15) is 0 Å². The zero-order valence-corrected chi connectivity index (χ0v) is 11.0. The molecule has 0 aliphatic carbocycles. The maximum atomic E-state index is 11.0. The molecule has 0 aliphatic heterocycles. The van der Waals surface area contributed by atoms with Crippen molar-refractivity contribution in [3.05, 3.63) is 58.8 Å². The molecule has 0 atom stereocenters. The second-order valence-electron chi connectivity index (χ2n) is 3.90. The Morgan fingerprint density at radius 2 is 2.06 bits per heavy atom. The molecule has 2 aromatic heterocycles. The van der Waals surface area contributed by atoms with E-state index >= 15 is 0 Å². The molecule has 2 heterocycles. The largest absolute Gasteiger partial charge is 0.299 e. The number of hydrogen-bond acceptors (Lipinski definition) is 2. The minimum atomic E-state index is 0.463. The molecule has 0 bridgehead atoms. The van der Waals surface area contributed by atoms with Crippen molar-refractivity contribution in [3.8, 4) is 11.4 Å². The molecule has 4 heteroatoms. The number of imidazole rings is 1. The molecular weight excluding hydrogens is 292 g/mol. The Labute approximate surface area is 112 Å². The highest BCUT2D eigenvalue weighted by atomic mass is 79.9. The number of aromatic nitrogens is 2. The van der Waals surface area contributed by atoms with E-state index < -0.39 is 0 Å². The van der Waals surface area contributed by atoms with Crippen LogP contribution in [0.15, 0.2) is 53.1 Å². The quantitative estimate of drug-likeness (QED) is 0.678. The van der Waals surface area contributed by atoms with Crippen molar-refractivity contribution >= 4 is 27.7 Å². The van der Waals surface area contributed by atoms with Crippen molar-refractivity contribution in [2.75, 3.05) is 0 Å². The highest BCUT2D eigenvalue weighted by Crippen LogP contribution is 2.24. The first-order valence-electron chi connectivity index (χ1n) is 5.48. The van der Waals surface area contributed by atoms with Gasteiger partial charge in [-0.1, -0.05) is 34.1 Å². The Kier molecular flexibility index (Phi) is 2.72. The SMILES string of the molecule is O=Cc1nc(-c2cccc(Br)c2)n2ccccc12. The molecular formula is C14H9BrN2O. The minimum Gasteiger partial charge on any atom is -0.299 e. The van der Waals surface area contributed by atoms with Crippen LogP contribution < -0.4 is 0 Å². The van der Waals surface area contributed by atoms with Crippen molar-refractivity contribution < 1.29 is 4.79 Å². The van der Waals surface area contributed by atoms with E-state index in [1.165, 1.54) is 0 Å². The molecule has 0 aliphatic rings. The van der Waals surface area contributed by atoms with Crippen LogP contribution in [-0.2, 0) is 0 Å². The van der Waals surface area contributed by atoms with Gasteiger partial charge in [0.05, 0.1) is 5.52 Å². The lowest BCUT2D eigenvalue weighted by Gasteiger charge is -2.01. The number of fused-ring (bicyclic) bond motifs is 1. The molecule has 1 aromatic carbocycles. The summed E-state index contributed by atoms with van der Waals surface area (Å²) < 4.78 is 2.91. The van der Waals surface area contributed by atoms with Crippen LogP contribution in [0.2, 0.25) is 0 Å². The fraction of sp³-hybridized carbons (Fsp3) is 0. The van der Waals surface area contributed by atoms with Gasteiger partial charge in [0.25, 0.3) is 0 Å². The van der Waals surface area contributed by atoms with Crippen LogP contribution in [0.4, 0.5) is 0 Å². The third kappa shape index (κ3) is 1.75. The van der Waals surface area contributed by atoms with Gasteiger partial charge in [-0.25, -0.2) is 4.98 Å². The van der Waals surface area contributed by atoms with E-state index in [-0.39, 0.29) is 0 Å². The van der Waals surface area contributed by atoms with E-state index in [9.17, 15) is 4.79 Å². The molecule has 3 rings (SSSR count). The van der Waals surface area contributed by atoms with Gasteiger partial charge < -0.3 is 0 Å². The first-order valence-corrected chi connectivity index (χ1v) is 6.27. The van der Waals surface area contributed by atoms with Gasteiger partial charge in [-0.05, 0) is 24.3 Å². The van der Waals surface area contributed by atoms with E-state index in [2.05, 4.69) is 20.9 Å². The fourth-order valence-corrected chi connectivity index (χ4v) is 2.38. The Morgan fingerprint density at radius 3 is 2.83 bits per heavy atom. The lowest BCUT2D eigenvalue weighted by molar-refractivity contribution is 0.112. The summed E-state index contributed by atoms with van der Waals surface area (Å²) in [4.78, 5) is 15.4. The molecule has 88 valence electrons. The smallest absolute Gasteiger partial charge is 0.170 e. The second-order valence-corrected chi connectivity index (χ2v) is 4.82. The molecule has 0 radical (unpaired) electrons. The van der Waals surface area contributed by atoms with Crippen molar-refractivity contribution in [2.45, 2.75) is 0 Å². The molecule has 3 nitrogen and oxygen atoms in total. The number of nitrogens with zero attached hydrogens (tertiary/aromatic N) is 2. The maximum Gasteiger partial charge on any atom is 0.170 e. The van der Waals surface area contributed by atoms with Gasteiger partial charge >= 0.3 is 0 Å². The summed E-state index contributed by atoms with van der Waals surface area (Å²) in [6.45, 7) is 0. The van der Waals surface area contributed by atoms with E-state index in [0.29, 0.717) is 5.69 Å². The maximum absolute atomic E-state index is 11.0. The summed E-state index contributed by atoms with van der Waals surface area (Å²) in [7, 11) is 0. The van der Waals surface area contributed by atoms with Crippen LogP contribution in [0.25, 0.3) is 16.9 Å². The molecule has 3 aromatic rings. The fourth-order valence-electron chi connectivity index (χ4n) is 1.98. The molecule has 0 fully saturated rings. The molecule has 0 saturated heterocycles. The van der Waals surface area contributed by atoms with Crippen LogP contribution in [0.3, 0.4) is 0 Å². The van der Waals surface area contributed by atoms with Gasteiger partial charge in [-0.15, -0.1) is 0 Å². The molecule has 0 amide bonds. The summed E-state index contributed by atoms with van der Waals surface area (Å²) in [6.07, 6.45) is 2.70. The summed E-state index contributed by atoms with van der Waals surface area (Å²) >= 11 is 3.44. The topological polar surface area (TPSA) is 34.4 Å². The lowest BCUT2D eigenvalue weighted by atomic mass is 10.2. The Bertz CT molecular complexity index is 733. The number of carbonyl (C=O) groups excluding carboxylic acids is 1. The van der Waals surface area contributed by atoms with E-state index in [1.54, 1.807) is 0 Å². The van der Waals surface area contributed by atoms with Crippen molar-refractivity contribution in [1.82, 2.24) is 9.38 Å². The average molecular weight is 301 g/mol. The molecule has 18 heavy (non-hydrogen) atoms. The zero-order chi connectivity index (χ0) is 12.5. The first kappa shape index (κ1) is 11.2. The van der Waals surface area contributed by atoms with Crippen molar-refractivity contribution in [3.63, 3.8) is 0 Å². The van der Waals surface area contributed by atoms with Crippen LogP contribution >= 0.6 is 15.9 Å². The van der Waals surface area contributed by atoms with Gasteiger partial charge in [-0.3, -0.25) is 9.20 Å². The Balaban J connectivity index is 2.33. The number of hydrogen-bond donors (Lipinski definition) is 0. The predicted octanol–water partition coefficient (Wildman–Crippen LogP) is 3.58. The van der Waals surface area contributed by atoms with Gasteiger partial charge in [0, 0.05) is 16.2 Å². The third-order valence-electron chi connectivity index (χ3n) is 2.77. The monoisotopic (exact) mass is 300 g/mol. The molecule has 0 N–H and O–H groups in total. The summed E-state index contributed by atoms with van der Waals surface area (Å²) in [6, 6.07) is 13.6. The summed E-state index contributed by atoms with van der Waals surface area (Å²) in [5.41, 5.74) is 2.26. The van der Waals surface area contributed by atoms with Crippen LogP contribution in [0, 0.1) is 0 Å². The van der Waals surface area contributed by atoms with Crippen LogP contribution in [-0.4, -0.2) is 15.7 Å². The first-order chi connectivity index (χ1) is 8.79. The summed E-state index contributed by atoms with van der Waals surface area (Å²) in [5, 5.41) is 0. The van der Waals surface area contributed by atoms with E-state index in [0.717, 1.165) is 27.7 Å². The molecule has 0 unspecified atom stereocenters. The van der Waals surface area contributed by atoms with Gasteiger partial charge in [0.15, 0.2) is 6.29 Å². The van der Waals surface area contributed by atoms with Crippen LogP contribution in [0.1, 0.15) is 10.5 Å². The van der Waals surface area contributed by atoms with Gasteiger partial charge in [0.2, 0.25) is 0 Å². The highest BCUT2D eigenvalue weighted by Gasteiger charge is 2.11.